The fourth-order valence-corrected chi connectivity index (χ4v) is 2.95. The maximum Gasteiger partial charge on any atom is 0.187 e. The van der Waals surface area contributed by atoms with Crippen molar-refractivity contribution < 1.29 is 27.0 Å². The molecule has 0 N–H and O–H groups in total. The first kappa shape index (κ1) is 29.8. The number of halogens is 4. The molecule has 0 radical (unpaired) electrons. The molecule has 0 saturated carbocycles. The van der Waals surface area contributed by atoms with Crippen LogP contribution in [0.2, 0.25) is 0 Å². The number of nitrogens with zero attached hydrogens (tertiary/aromatic N) is 4. The Morgan fingerprint density at radius 2 is 0.917 bits per heavy atom. The zero-order valence-electron chi connectivity index (χ0n) is 20.4. The van der Waals surface area contributed by atoms with E-state index in [4.69, 9.17) is 30.5 Å². The second-order valence-electron chi connectivity index (χ2n) is 7.52. The van der Waals surface area contributed by atoms with E-state index in [1.807, 2.05) is 13.8 Å². The van der Waals surface area contributed by atoms with E-state index in [9.17, 15) is 17.6 Å². The van der Waals surface area contributed by atoms with Crippen LogP contribution in [0.3, 0.4) is 0 Å². The molecule has 0 atom stereocenters. The molecule has 2 aromatic carbocycles. The monoisotopic (exact) mass is 500 g/mol. The summed E-state index contributed by atoms with van der Waals surface area (Å²) in [7, 11) is 0. The molecule has 36 heavy (non-hydrogen) atoms. The van der Waals surface area contributed by atoms with Crippen LogP contribution in [-0.4, -0.2) is 13.2 Å². The Labute approximate surface area is 207 Å². The molecule has 10 heteroatoms. The number of rotatable bonds is 8. The van der Waals surface area contributed by atoms with Gasteiger partial charge in [0.2, 0.25) is 0 Å². The third kappa shape index (κ3) is 6.44. The predicted octanol–water partition coefficient (Wildman–Crippen LogP) is 6.39. The van der Waals surface area contributed by atoms with Gasteiger partial charge in [-0.2, -0.15) is 21.0 Å². The summed E-state index contributed by atoms with van der Waals surface area (Å²) >= 11 is 0. The minimum absolute atomic E-state index is 0.0676. The van der Waals surface area contributed by atoms with Gasteiger partial charge in [0.1, 0.15) is 52.6 Å². The summed E-state index contributed by atoms with van der Waals surface area (Å²) in [4.78, 5) is 0. The third-order valence-corrected chi connectivity index (χ3v) is 5.08. The molecule has 0 aromatic heterocycles. The van der Waals surface area contributed by atoms with E-state index in [1.165, 1.54) is 19.9 Å². The highest BCUT2D eigenvalue weighted by Crippen LogP contribution is 2.32. The number of unbranched alkanes of at least 4 members (excludes halogenated alkanes) is 2. The molecule has 0 heterocycles. The first-order valence-electron chi connectivity index (χ1n) is 11.1. The lowest BCUT2D eigenvalue weighted by molar-refractivity contribution is 0.291. The summed E-state index contributed by atoms with van der Waals surface area (Å²) < 4.78 is 65.4. The first-order valence-corrected chi connectivity index (χ1v) is 11.1. The van der Waals surface area contributed by atoms with E-state index < -0.39 is 45.7 Å². The number of ether oxygens (including phenoxy) is 2. The number of hydrogen-bond acceptors (Lipinski definition) is 6. The molecule has 0 saturated heterocycles. The van der Waals surface area contributed by atoms with Crippen LogP contribution in [0.15, 0.2) is 0 Å². The number of benzene rings is 2. The molecule has 0 unspecified atom stereocenters. The molecule has 0 aliphatic heterocycles. The second-order valence-corrected chi connectivity index (χ2v) is 7.52. The highest BCUT2D eigenvalue weighted by molar-refractivity contribution is 5.56. The summed E-state index contributed by atoms with van der Waals surface area (Å²) in [5.41, 5.74) is -2.05. The van der Waals surface area contributed by atoms with E-state index in [-0.39, 0.29) is 35.7 Å². The van der Waals surface area contributed by atoms with Crippen LogP contribution in [0.4, 0.5) is 17.6 Å². The molecule has 188 valence electrons. The lowest BCUT2D eigenvalue weighted by Gasteiger charge is -2.12. The SMILES string of the molecule is CCCCOc1c(F)c(C#N)c(C)c(F)c1C#N.CCCCOc1c(F)c(C#N)c(F)c(C)c1C#N. The molecule has 0 aliphatic rings. The molecule has 0 amide bonds. The summed E-state index contributed by atoms with van der Waals surface area (Å²) in [6, 6.07) is 6.31. The Balaban J connectivity index is 0.000000360. The highest BCUT2D eigenvalue weighted by atomic mass is 19.1. The van der Waals surface area contributed by atoms with Gasteiger partial charge in [-0.25, -0.2) is 17.6 Å². The van der Waals surface area contributed by atoms with Crippen molar-refractivity contribution >= 4 is 0 Å². The van der Waals surface area contributed by atoms with Crippen molar-refractivity contribution in [3.05, 3.63) is 56.6 Å². The van der Waals surface area contributed by atoms with Crippen molar-refractivity contribution in [2.45, 2.75) is 53.4 Å². The zero-order valence-corrected chi connectivity index (χ0v) is 20.4. The summed E-state index contributed by atoms with van der Waals surface area (Å²) in [5, 5.41) is 35.3. The van der Waals surface area contributed by atoms with Gasteiger partial charge in [0.25, 0.3) is 0 Å². The molecule has 2 rings (SSSR count). The van der Waals surface area contributed by atoms with Crippen LogP contribution in [-0.2, 0) is 0 Å². The molecular weight excluding hydrogens is 476 g/mol. The molecule has 0 bridgehead atoms. The van der Waals surface area contributed by atoms with Gasteiger partial charge < -0.3 is 9.47 Å². The van der Waals surface area contributed by atoms with Gasteiger partial charge >= 0.3 is 0 Å². The van der Waals surface area contributed by atoms with E-state index in [0.29, 0.717) is 12.8 Å². The van der Waals surface area contributed by atoms with E-state index >= 15 is 0 Å². The fraction of sp³-hybridized carbons (Fsp3) is 0.385. The smallest absolute Gasteiger partial charge is 0.187 e. The van der Waals surface area contributed by atoms with Crippen molar-refractivity contribution in [2.75, 3.05) is 13.2 Å². The zero-order chi connectivity index (χ0) is 27.4. The standard InChI is InChI=1S/2C13H12F2N2O/c1-3-4-5-18-13-9(6-16)8(2)11(14)10(7-17)12(13)15;1-3-4-5-18-13-10(7-17)11(14)8(2)9(6-16)12(13)15/h2*3-5H2,1-2H3. The van der Waals surface area contributed by atoms with Gasteiger partial charge in [-0.3, -0.25) is 0 Å². The Hall–Kier alpha value is -4.28. The molecule has 0 aliphatic carbocycles. The average molecular weight is 500 g/mol. The minimum atomic E-state index is -1.10. The van der Waals surface area contributed by atoms with Gasteiger partial charge in [0, 0.05) is 11.1 Å². The van der Waals surface area contributed by atoms with Crippen molar-refractivity contribution in [1.82, 2.24) is 0 Å². The Morgan fingerprint density at radius 3 is 1.33 bits per heavy atom. The van der Waals surface area contributed by atoms with Crippen LogP contribution in [0.5, 0.6) is 11.5 Å². The number of nitriles is 4. The van der Waals surface area contributed by atoms with Gasteiger partial charge in [-0.1, -0.05) is 26.7 Å². The predicted molar refractivity (Wildman–Crippen MR) is 122 cm³/mol. The minimum Gasteiger partial charge on any atom is -0.489 e. The van der Waals surface area contributed by atoms with Gasteiger partial charge in [-0.05, 0) is 26.7 Å². The largest absolute Gasteiger partial charge is 0.489 e. The molecule has 0 spiro atoms. The van der Waals surface area contributed by atoms with Crippen LogP contribution in [0.25, 0.3) is 0 Å². The average Bonchev–Trinajstić information content (AvgIpc) is 2.87. The third-order valence-electron chi connectivity index (χ3n) is 5.08. The molecule has 0 fully saturated rings. The van der Waals surface area contributed by atoms with Crippen molar-refractivity contribution in [3.8, 4) is 35.8 Å². The number of hydrogen-bond donors (Lipinski definition) is 0. The summed E-state index contributed by atoms with van der Waals surface area (Å²) in [6.45, 7) is 6.82. The Kier molecular flexibility index (Phi) is 11.7. The topological polar surface area (TPSA) is 114 Å². The van der Waals surface area contributed by atoms with E-state index in [2.05, 4.69) is 0 Å². The van der Waals surface area contributed by atoms with Crippen molar-refractivity contribution in [2.24, 2.45) is 0 Å². The molecule has 2 aromatic rings. The maximum atomic E-state index is 13.9. The van der Waals surface area contributed by atoms with Gasteiger partial charge in [-0.15, -0.1) is 0 Å². The van der Waals surface area contributed by atoms with Crippen molar-refractivity contribution in [3.63, 3.8) is 0 Å². The van der Waals surface area contributed by atoms with E-state index in [1.54, 1.807) is 18.2 Å². The summed E-state index contributed by atoms with van der Waals surface area (Å²) in [6.07, 6.45) is 3.00. The van der Waals surface area contributed by atoms with Crippen LogP contribution >= 0.6 is 0 Å². The highest BCUT2D eigenvalue weighted by Gasteiger charge is 2.24. The lowest BCUT2D eigenvalue weighted by Crippen LogP contribution is -2.06. The fourth-order valence-electron chi connectivity index (χ4n) is 2.95. The molecule has 6 nitrogen and oxygen atoms in total. The lowest BCUT2D eigenvalue weighted by atomic mass is 10.0. The Bertz CT molecular complexity index is 1180. The van der Waals surface area contributed by atoms with Crippen LogP contribution < -0.4 is 9.47 Å². The van der Waals surface area contributed by atoms with Crippen LogP contribution in [0.1, 0.15) is 72.9 Å². The Morgan fingerprint density at radius 1 is 0.556 bits per heavy atom. The first-order chi connectivity index (χ1) is 17.2. The second kappa shape index (κ2) is 14.2. The maximum absolute atomic E-state index is 13.9. The van der Waals surface area contributed by atoms with Crippen LogP contribution in [0, 0.1) is 82.4 Å². The van der Waals surface area contributed by atoms with Gasteiger partial charge in [0.15, 0.2) is 23.1 Å². The van der Waals surface area contributed by atoms with Gasteiger partial charge in [0.05, 0.1) is 18.8 Å². The van der Waals surface area contributed by atoms with E-state index in [0.717, 1.165) is 12.8 Å². The molecular formula is C26H24F4N4O2. The normalized spacial score (nSPS) is 9.67. The summed E-state index contributed by atoms with van der Waals surface area (Å²) in [5.74, 6) is -4.78. The van der Waals surface area contributed by atoms with Crippen molar-refractivity contribution in [1.29, 1.82) is 21.0 Å². The quantitative estimate of drug-likeness (QED) is 0.306.